The number of rotatable bonds is 3. The molecule has 2 atom stereocenters. The van der Waals surface area contributed by atoms with Gasteiger partial charge >= 0.3 is 0 Å². The molecule has 2 saturated heterocycles. The SMILES string of the molecule is COCc1ccccc1N1C2CCCC1CC(N)C2. The predicted octanol–water partition coefficient (Wildman–Crippen LogP) is 2.68. The molecule has 2 bridgehead atoms. The normalized spacial score (nSPS) is 30.4. The lowest BCUT2D eigenvalue weighted by atomic mass is 9.81. The van der Waals surface area contributed by atoms with E-state index in [2.05, 4.69) is 29.2 Å². The molecule has 0 aliphatic carbocycles. The number of benzene rings is 1. The number of anilines is 1. The molecular weight excluding hydrogens is 236 g/mol. The first-order chi connectivity index (χ1) is 9.29. The molecule has 3 nitrogen and oxygen atoms in total. The molecule has 2 aliphatic rings. The third-order valence-electron chi connectivity index (χ3n) is 4.58. The van der Waals surface area contributed by atoms with Gasteiger partial charge < -0.3 is 15.4 Å². The summed E-state index contributed by atoms with van der Waals surface area (Å²) in [5, 5.41) is 0. The zero-order valence-electron chi connectivity index (χ0n) is 11.7. The van der Waals surface area contributed by atoms with Crippen LogP contribution >= 0.6 is 0 Å². The zero-order chi connectivity index (χ0) is 13.2. The minimum atomic E-state index is 0.390. The largest absolute Gasteiger partial charge is 0.380 e. The summed E-state index contributed by atoms with van der Waals surface area (Å²) in [6, 6.07) is 10.3. The van der Waals surface area contributed by atoms with Crippen LogP contribution in [0.4, 0.5) is 5.69 Å². The van der Waals surface area contributed by atoms with Gasteiger partial charge in [-0.3, -0.25) is 0 Å². The van der Waals surface area contributed by atoms with Crippen LogP contribution in [0.1, 0.15) is 37.7 Å². The number of fused-ring (bicyclic) bond motifs is 2. The van der Waals surface area contributed by atoms with E-state index in [1.807, 2.05) is 0 Å². The van der Waals surface area contributed by atoms with E-state index in [1.165, 1.54) is 30.5 Å². The molecule has 3 rings (SSSR count). The molecule has 1 aromatic carbocycles. The Labute approximate surface area is 115 Å². The van der Waals surface area contributed by atoms with Crippen molar-refractivity contribution < 1.29 is 4.74 Å². The lowest BCUT2D eigenvalue weighted by Crippen LogP contribution is -2.55. The van der Waals surface area contributed by atoms with Crippen LogP contribution in [0.15, 0.2) is 24.3 Å². The van der Waals surface area contributed by atoms with Gasteiger partial charge in [-0.2, -0.15) is 0 Å². The maximum Gasteiger partial charge on any atom is 0.0733 e. The Kier molecular flexibility index (Phi) is 3.76. The molecule has 1 aromatic rings. The van der Waals surface area contributed by atoms with E-state index < -0.39 is 0 Å². The number of hydrogen-bond acceptors (Lipinski definition) is 3. The second-order valence-electron chi connectivity index (χ2n) is 5.94. The lowest BCUT2D eigenvalue weighted by Gasteiger charge is -2.50. The monoisotopic (exact) mass is 260 g/mol. The van der Waals surface area contributed by atoms with Gasteiger partial charge in [0, 0.05) is 36.5 Å². The van der Waals surface area contributed by atoms with Gasteiger partial charge in [-0.05, 0) is 38.2 Å². The molecule has 2 unspecified atom stereocenters. The molecule has 3 heteroatoms. The molecule has 104 valence electrons. The van der Waals surface area contributed by atoms with Crippen molar-refractivity contribution in [3.63, 3.8) is 0 Å². The van der Waals surface area contributed by atoms with Crippen LogP contribution in [-0.4, -0.2) is 25.2 Å². The minimum Gasteiger partial charge on any atom is -0.380 e. The lowest BCUT2D eigenvalue weighted by molar-refractivity contribution is 0.184. The minimum absolute atomic E-state index is 0.390. The van der Waals surface area contributed by atoms with Crippen molar-refractivity contribution in [2.45, 2.75) is 56.8 Å². The van der Waals surface area contributed by atoms with Gasteiger partial charge in [0.15, 0.2) is 0 Å². The van der Waals surface area contributed by atoms with Crippen LogP contribution in [0, 0.1) is 0 Å². The highest BCUT2D eigenvalue weighted by atomic mass is 16.5. The Balaban J connectivity index is 1.92. The van der Waals surface area contributed by atoms with Gasteiger partial charge in [-0.1, -0.05) is 18.2 Å². The summed E-state index contributed by atoms with van der Waals surface area (Å²) in [6.45, 7) is 0.693. The number of ether oxygens (including phenoxy) is 1. The van der Waals surface area contributed by atoms with Gasteiger partial charge in [0.1, 0.15) is 0 Å². The molecule has 0 amide bonds. The zero-order valence-corrected chi connectivity index (χ0v) is 11.7. The van der Waals surface area contributed by atoms with Gasteiger partial charge in [0.2, 0.25) is 0 Å². The average Bonchev–Trinajstić information content (AvgIpc) is 2.39. The van der Waals surface area contributed by atoms with E-state index in [0.717, 1.165) is 12.8 Å². The average molecular weight is 260 g/mol. The van der Waals surface area contributed by atoms with E-state index >= 15 is 0 Å². The quantitative estimate of drug-likeness (QED) is 0.908. The highest BCUT2D eigenvalue weighted by molar-refractivity contribution is 5.56. The number of piperidine rings is 2. The summed E-state index contributed by atoms with van der Waals surface area (Å²) in [5.41, 5.74) is 8.88. The van der Waals surface area contributed by atoms with E-state index in [-0.39, 0.29) is 0 Å². The Bertz CT molecular complexity index is 421. The van der Waals surface area contributed by atoms with Crippen LogP contribution < -0.4 is 10.6 Å². The highest BCUT2D eigenvalue weighted by Gasteiger charge is 2.37. The predicted molar refractivity (Wildman–Crippen MR) is 78.3 cm³/mol. The van der Waals surface area contributed by atoms with Crippen molar-refractivity contribution in [3.05, 3.63) is 29.8 Å². The van der Waals surface area contributed by atoms with Crippen molar-refractivity contribution in [1.82, 2.24) is 0 Å². The van der Waals surface area contributed by atoms with Gasteiger partial charge in [0.05, 0.1) is 6.61 Å². The maximum absolute atomic E-state index is 6.21. The number of nitrogens with zero attached hydrogens (tertiary/aromatic N) is 1. The first-order valence-electron chi connectivity index (χ1n) is 7.40. The van der Waals surface area contributed by atoms with Crippen LogP contribution in [0.3, 0.4) is 0 Å². The molecule has 2 heterocycles. The van der Waals surface area contributed by atoms with E-state index in [1.54, 1.807) is 7.11 Å². The van der Waals surface area contributed by atoms with Crippen molar-refractivity contribution in [2.24, 2.45) is 5.73 Å². The molecule has 0 spiro atoms. The Morgan fingerprint density at radius 2 is 1.89 bits per heavy atom. The Morgan fingerprint density at radius 3 is 2.58 bits per heavy atom. The second kappa shape index (κ2) is 5.51. The summed E-state index contributed by atoms with van der Waals surface area (Å²) >= 11 is 0. The highest BCUT2D eigenvalue weighted by Crippen LogP contribution is 2.38. The molecule has 0 radical (unpaired) electrons. The van der Waals surface area contributed by atoms with Crippen molar-refractivity contribution in [3.8, 4) is 0 Å². The molecule has 2 fully saturated rings. The summed E-state index contributed by atoms with van der Waals surface area (Å²) in [5.74, 6) is 0. The molecule has 19 heavy (non-hydrogen) atoms. The van der Waals surface area contributed by atoms with Crippen LogP contribution in [0.5, 0.6) is 0 Å². The van der Waals surface area contributed by atoms with Crippen molar-refractivity contribution in [1.29, 1.82) is 0 Å². The Morgan fingerprint density at radius 1 is 1.21 bits per heavy atom. The third kappa shape index (κ3) is 2.49. The smallest absolute Gasteiger partial charge is 0.0733 e. The van der Waals surface area contributed by atoms with Gasteiger partial charge in [0.25, 0.3) is 0 Å². The number of methoxy groups -OCH3 is 1. The number of para-hydroxylation sites is 1. The number of hydrogen-bond donors (Lipinski definition) is 1. The van der Waals surface area contributed by atoms with E-state index in [0.29, 0.717) is 24.7 Å². The van der Waals surface area contributed by atoms with Gasteiger partial charge in [-0.15, -0.1) is 0 Å². The summed E-state index contributed by atoms with van der Waals surface area (Å²) < 4.78 is 5.35. The van der Waals surface area contributed by atoms with Crippen molar-refractivity contribution in [2.75, 3.05) is 12.0 Å². The fourth-order valence-electron chi connectivity index (χ4n) is 3.86. The van der Waals surface area contributed by atoms with Crippen LogP contribution in [-0.2, 0) is 11.3 Å². The van der Waals surface area contributed by atoms with Crippen LogP contribution in [0.25, 0.3) is 0 Å². The van der Waals surface area contributed by atoms with E-state index in [4.69, 9.17) is 10.5 Å². The molecule has 2 aliphatic heterocycles. The molecule has 2 N–H and O–H groups in total. The third-order valence-corrected chi connectivity index (χ3v) is 4.58. The molecule has 0 saturated carbocycles. The topological polar surface area (TPSA) is 38.5 Å². The standard InChI is InChI=1S/C16H24N2O/c1-19-11-12-5-2-3-8-16(12)18-14-6-4-7-15(18)10-13(17)9-14/h2-3,5,8,13-15H,4,6-7,9-11,17H2,1H3. The van der Waals surface area contributed by atoms with Crippen LogP contribution in [0.2, 0.25) is 0 Å². The fourth-order valence-corrected chi connectivity index (χ4v) is 3.86. The van der Waals surface area contributed by atoms with Crippen molar-refractivity contribution >= 4 is 5.69 Å². The summed E-state index contributed by atoms with van der Waals surface area (Å²) in [6.07, 6.45) is 6.19. The summed E-state index contributed by atoms with van der Waals surface area (Å²) in [7, 11) is 1.77. The second-order valence-corrected chi connectivity index (χ2v) is 5.94. The first kappa shape index (κ1) is 12.9. The molecular formula is C16H24N2O. The molecule has 0 aromatic heterocycles. The Hall–Kier alpha value is -1.06. The number of nitrogens with two attached hydrogens (primary N) is 1. The maximum atomic E-state index is 6.21. The fraction of sp³-hybridized carbons (Fsp3) is 0.625. The first-order valence-corrected chi connectivity index (χ1v) is 7.40. The summed E-state index contributed by atoms with van der Waals surface area (Å²) in [4.78, 5) is 2.64. The van der Waals surface area contributed by atoms with Gasteiger partial charge in [-0.25, -0.2) is 0 Å². The van der Waals surface area contributed by atoms with E-state index in [9.17, 15) is 0 Å².